The van der Waals surface area contributed by atoms with Crippen molar-refractivity contribution in [2.24, 2.45) is 0 Å². The lowest BCUT2D eigenvalue weighted by Crippen LogP contribution is -2.38. The Bertz CT molecular complexity index is 687. The normalized spacial score (nSPS) is 12.8. The topological polar surface area (TPSA) is 32.7 Å². The number of methoxy groups -OCH3 is 1. The first kappa shape index (κ1) is 20.3. The van der Waals surface area contributed by atoms with Crippen LogP contribution in [0.3, 0.4) is 0 Å². The first-order chi connectivity index (χ1) is 12.4. The second-order valence-corrected chi connectivity index (χ2v) is 7.50. The van der Waals surface area contributed by atoms with E-state index >= 15 is 0 Å². The van der Waals surface area contributed by atoms with Crippen LogP contribution < -0.4 is 4.74 Å². The van der Waals surface area contributed by atoms with Crippen LogP contribution in [0.25, 0.3) is 0 Å². The third-order valence-electron chi connectivity index (χ3n) is 5.22. The maximum atomic E-state index is 10.7. The predicted octanol–water partition coefficient (Wildman–Crippen LogP) is 5.35. The zero-order valence-corrected chi connectivity index (χ0v) is 17.0. The molecule has 0 spiro atoms. The minimum atomic E-state index is 0.131. The van der Waals surface area contributed by atoms with E-state index in [1.54, 1.807) is 13.2 Å². The fourth-order valence-electron chi connectivity index (χ4n) is 3.91. The molecule has 142 valence electrons. The third-order valence-corrected chi connectivity index (χ3v) is 5.22. The highest BCUT2D eigenvalue weighted by atomic mass is 16.5. The van der Waals surface area contributed by atoms with Gasteiger partial charge in [0.1, 0.15) is 11.5 Å². The second kappa shape index (κ2) is 9.09. The van der Waals surface area contributed by atoms with E-state index in [0.29, 0.717) is 17.8 Å². The highest BCUT2D eigenvalue weighted by Crippen LogP contribution is 2.40. The van der Waals surface area contributed by atoms with Gasteiger partial charge in [0.2, 0.25) is 0 Å². The molecule has 0 heterocycles. The number of phenols is 1. The Balaban J connectivity index is 2.44. The van der Waals surface area contributed by atoms with Gasteiger partial charge in [-0.3, -0.25) is 4.90 Å². The number of ether oxygens (including phenoxy) is 1. The van der Waals surface area contributed by atoms with Crippen molar-refractivity contribution in [3.05, 3.63) is 59.2 Å². The van der Waals surface area contributed by atoms with Crippen LogP contribution in [0.1, 0.15) is 56.7 Å². The van der Waals surface area contributed by atoms with Gasteiger partial charge in [0.15, 0.2) is 0 Å². The third kappa shape index (κ3) is 4.59. The number of hydrogen-bond donors (Lipinski definition) is 1. The Morgan fingerprint density at radius 3 is 2.12 bits per heavy atom. The summed E-state index contributed by atoms with van der Waals surface area (Å²) in [6, 6.07) is 15.0. The van der Waals surface area contributed by atoms with E-state index in [2.05, 4.69) is 56.9 Å². The van der Waals surface area contributed by atoms with E-state index in [9.17, 15) is 5.11 Å². The smallest absolute Gasteiger partial charge is 0.122 e. The Hall–Kier alpha value is -2.00. The van der Waals surface area contributed by atoms with E-state index in [1.165, 1.54) is 5.56 Å². The van der Waals surface area contributed by atoms with Crippen LogP contribution in [0.2, 0.25) is 0 Å². The number of phenolic OH excluding ortho intramolecular Hbond substituents is 1. The van der Waals surface area contributed by atoms with E-state index in [4.69, 9.17) is 4.74 Å². The molecule has 0 amide bonds. The van der Waals surface area contributed by atoms with E-state index in [-0.39, 0.29) is 5.92 Å². The molecular weight excluding hydrogens is 322 g/mol. The predicted molar refractivity (Wildman–Crippen MR) is 109 cm³/mol. The zero-order chi connectivity index (χ0) is 19.3. The monoisotopic (exact) mass is 355 g/mol. The highest BCUT2D eigenvalue weighted by molar-refractivity contribution is 5.52. The summed E-state index contributed by atoms with van der Waals surface area (Å²) in [5.41, 5.74) is 3.22. The second-order valence-electron chi connectivity index (χ2n) is 7.50. The van der Waals surface area contributed by atoms with Crippen molar-refractivity contribution in [2.45, 2.75) is 59.0 Å². The SMILES string of the molecule is COc1ccc(O)c(C(CCN(C(C)C)C(C)C)c2ccccc2)c1C. The Kier molecular flexibility index (Phi) is 7.10. The van der Waals surface area contributed by atoms with Gasteiger partial charge in [0.05, 0.1) is 7.11 Å². The lowest BCUT2D eigenvalue weighted by molar-refractivity contribution is 0.170. The first-order valence-electron chi connectivity index (χ1n) is 9.53. The number of aromatic hydroxyl groups is 1. The van der Waals surface area contributed by atoms with Crippen molar-refractivity contribution in [1.82, 2.24) is 4.90 Å². The van der Waals surface area contributed by atoms with Crippen molar-refractivity contribution in [3.63, 3.8) is 0 Å². The molecule has 2 aromatic rings. The van der Waals surface area contributed by atoms with Crippen LogP contribution in [-0.2, 0) is 0 Å². The summed E-state index contributed by atoms with van der Waals surface area (Å²) >= 11 is 0. The molecule has 1 unspecified atom stereocenters. The van der Waals surface area contributed by atoms with Gasteiger partial charge in [-0.25, -0.2) is 0 Å². The van der Waals surface area contributed by atoms with Crippen molar-refractivity contribution < 1.29 is 9.84 Å². The van der Waals surface area contributed by atoms with Gasteiger partial charge in [-0.05, 0) is 70.8 Å². The molecule has 1 N–H and O–H groups in total. The summed E-state index contributed by atoms with van der Waals surface area (Å²) < 4.78 is 5.51. The molecule has 0 radical (unpaired) electrons. The van der Waals surface area contributed by atoms with E-state index in [1.807, 2.05) is 19.1 Å². The fraction of sp³-hybridized carbons (Fsp3) is 0.478. The van der Waals surface area contributed by atoms with Crippen LogP contribution in [0, 0.1) is 6.92 Å². The van der Waals surface area contributed by atoms with Crippen molar-refractivity contribution >= 4 is 0 Å². The average molecular weight is 356 g/mol. The molecule has 1 atom stereocenters. The lowest BCUT2D eigenvalue weighted by atomic mass is 9.84. The first-order valence-corrected chi connectivity index (χ1v) is 9.53. The van der Waals surface area contributed by atoms with Gasteiger partial charge >= 0.3 is 0 Å². The summed E-state index contributed by atoms with van der Waals surface area (Å²) in [6.45, 7) is 12.0. The molecule has 0 aliphatic heterocycles. The summed E-state index contributed by atoms with van der Waals surface area (Å²) in [7, 11) is 1.68. The van der Waals surface area contributed by atoms with Gasteiger partial charge in [-0.2, -0.15) is 0 Å². The molecular formula is C23H33NO2. The van der Waals surface area contributed by atoms with Gasteiger partial charge in [-0.15, -0.1) is 0 Å². The van der Waals surface area contributed by atoms with Gasteiger partial charge in [0, 0.05) is 23.6 Å². The summed E-state index contributed by atoms with van der Waals surface area (Å²) in [5, 5.41) is 10.7. The molecule has 3 nitrogen and oxygen atoms in total. The lowest BCUT2D eigenvalue weighted by Gasteiger charge is -2.32. The minimum Gasteiger partial charge on any atom is -0.508 e. The van der Waals surface area contributed by atoms with Crippen LogP contribution in [-0.4, -0.2) is 35.7 Å². The number of rotatable bonds is 8. The standard InChI is InChI=1S/C23H33NO2/c1-16(2)24(17(3)4)15-14-20(19-10-8-7-9-11-19)23-18(5)22(26-6)13-12-21(23)25/h7-13,16-17,20,25H,14-15H2,1-6H3. The molecule has 0 aromatic heterocycles. The largest absolute Gasteiger partial charge is 0.508 e. The molecule has 0 fully saturated rings. The molecule has 2 rings (SSSR count). The van der Waals surface area contributed by atoms with Crippen LogP contribution >= 0.6 is 0 Å². The van der Waals surface area contributed by atoms with Crippen LogP contribution in [0.4, 0.5) is 0 Å². The molecule has 0 aliphatic carbocycles. The molecule has 0 saturated heterocycles. The summed E-state index contributed by atoms with van der Waals surface area (Å²) in [4.78, 5) is 2.50. The number of benzene rings is 2. The molecule has 3 heteroatoms. The van der Waals surface area contributed by atoms with Crippen molar-refractivity contribution in [3.8, 4) is 11.5 Å². The summed E-state index contributed by atoms with van der Waals surface area (Å²) in [6.07, 6.45) is 0.946. The maximum Gasteiger partial charge on any atom is 0.122 e. The molecule has 0 saturated carbocycles. The van der Waals surface area contributed by atoms with Crippen LogP contribution in [0.15, 0.2) is 42.5 Å². The Morgan fingerprint density at radius 1 is 0.962 bits per heavy atom. The van der Waals surface area contributed by atoms with E-state index < -0.39 is 0 Å². The van der Waals surface area contributed by atoms with Gasteiger partial charge in [-0.1, -0.05) is 30.3 Å². The molecule has 0 aliphatic rings. The molecule has 26 heavy (non-hydrogen) atoms. The fourth-order valence-corrected chi connectivity index (χ4v) is 3.91. The van der Waals surface area contributed by atoms with Crippen molar-refractivity contribution in [1.29, 1.82) is 0 Å². The maximum absolute atomic E-state index is 10.7. The van der Waals surface area contributed by atoms with E-state index in [0.717, 1.165) is 29.8 Å². The number of hydrogen-bond acceptors (Lipinski definition) is 3. The quantitative estimate of drug-likeness (QED) is 0.693. The van der Waals surface area contributed by atoms with Gasteiger partial charge in [0.25, 0.3) is 0 Å². The van der Waals surface area contributed by atoms with Crippen LogP contribution in [0.5, 0.6) is 11.5 Å². The minimum absolute atomic E-state index is 0.131. The van der Waals surface area contributed by atoms with Crippen molar-refractivity contribution in [2.75, 3.05) is 13.7 Å². The molecule has 0 bridgehead atoms. The Labute approximate surface area is 158 Å². The zero-order valence-electron chi connectivity index (χ0n) is 17.0. The van der Waals surface area contributed by atoms with Gasteiger partial charge < -0.3 is 9.84 Å². The number of nitrogens with zero attached hydrogens (tertiary/aromatic N) is 1. The highest BCUT2D eigenvalue weighted by Gasteiger charge is 2.24. The molecule has 2 aromatic carbocycles. The summed E-state index contributed by atoms with van der Waals surface area (Å²) in [5.74, 6) is 1.30. The average Bonchev–Trinajstić information content (AvgIpc) is 2.60. The Morgan fingerprint density at radius 2 is 1.58 bits per heavy atom.